The van der Waals surface area contributed by atoms with E-state index >= 15 is 0 Å². The molecule has 0 radical (unpaired) electrons. The quantitative estimate of drug-likeness (QED) is 0.687. The van der Waals surface area contributed by atoms with Gasteiger partial charge in [-0.2, -0.15) is 10.2 Å². The highest BCUT2D eigenvalue weighted by atomic mass is 35.5. The van der Waals surface area contributed by atoms with E-state index in [1.54, 1.807) is 42.2 Å². The monoisotopic (exact) mass is 395 g/mol. The summed E-state index contributed by atoms with van der Waals surface area (Å²) >= 11 is 12.0. The van der Waals surface area contributed by atoms with E-state index in [9.17, 15) is 9.18 Å². The highest BCUT2D eigenvalue weighted by Gasteiger charge is 2.12. The fourth-order valence-electron chi connectivity index (χ4n) is 2.38. The lowest BCUT2D eigenvalue weighted by Gasteiger charge is -2.04. The van der Waals surface area contributed by atoms with Gasteiger partial charge in [-0.15, -0.1) is 0 Å². The van der Waals surface area contributed by atoms with Crippen LogP contribution in [0.15, 0.2) is 36.7 Å². The van der Waals surface area contributed by atoms with Crippen molar-refractivity contribution in [3.63, 3.8) is 0 Å². The van der Waals surface area contributed by atoms with Gasteiger partial charge in [0.1, 0.15) is 10.8 Å². The van der Waals surface area contributed by atoms with Crippen LogP contribution in [0, 0.1) is 12.7 Å². The summed E-state index contributed by atoms with van der Waals surface area (Å²) in [5, 5.41) is 11.9. The van der Waals surface area contributed by atoms with Crippen LogP contribution in [-0.2, 0) is 17.9 Å². The summed E-state index contributed by atoms with van der Waals surface area (Å²) in [6, 6.07) is 6.41. The van der Waals surface area contributed by atoms with Crippen LogP contribution in [0.3, 0.4) is 0 Å². The number of anilines is 1. The van der Waals surface area contributed by atoms with Crippen LogP contribution in [0.25, 0.3) is 0 Å². The van der Waals surface area contributed by atoms with Crippen LogP contribution in [0.2, 0.25) is 10.0 Å². The van der Waals surface area contributed by atoms with Crippen molar-refractivity contribution in [1.29, 1.82) is 0 Å². The number of aryl methyl sites for hydroxylation is 2. The van der Waals surface area contributed by atoms with Gasteiger partial charge in [-0.25, -0.2) is 4.39 Å². The molecule has 1 N–H and O–H groups in total. The smallest absolute Gasteiger partial charge is 0.227 e. The molecule has 1 aromatic carbocycles. The van der Waals surface area contributed by atoms with Crippen molar-refractivity contribution >= 4 is 34.9 Å². The first-order valence-corrected chi connectivity index (χ1v) is 8.63. The highest BCUT2D eigenvalue weighted by molar-refractivity contribution is 6.33. The van der Waals surface area contributed by atoms with E-state index in [0.717, 1.165) is 0 Å². The van der Waals surface area contributed by atoms with Crippen LogP contribution < -0.4 is 5.32 Å². The van der Waals surface area contributed by atoms with Gasteiger partial charge in [-0.1, -0.05) is 41.4 Å². The van der Waals surface area contributed by atoms with Gasteiger partial charge < -0.3 is 5.32 Å². The lowest BCUT2D eigenvalue weighted by molar-refractivity contribution is -0.116. The number of halogens is 3. The normalized spacial score (nSPS) is 10.9. The fourth-order valence-corrected chi connectivity index (χ4v) is 2.73. The number of benzene rings is 1. The predicted molar refractivity (Wildman–Crippen MR) is 98.0 cm³/mol. The van der Waals surface area contributed by atoms with Gasteiger partial charge in [0.2, 0.25) is 5.91 Å². The van der Waals surface area contributed by atoms with Gasteiger partial charge in [0.25, 0.3) is 0 Å². The molecule has 26 heavy (non-hydrogen) atoms. The molecule has 0 atom stereocenters. The minimum Gasteiger partial charge on any atom is -0.308 e. The summed E-state index contributed by atoms with van der Waals surface area (Å²) in [7, 11) is 0. The molecule has 0 aliphatic heterocycles. The number of amides is 1. The zero-order valence-corrected chi connectivity index (χ0v) is 15.4. The van der Waals surface area contributed by atoms with Crippen molar-refractivity contribution in [2.24, 2.45) is 0 Å². The Kier molecular flexibility index (Phi) is 5.58. The van der Waals surface area contributed by atoms with Gasteiger partial charge in [0, 0.05) is 30.9 Å². The number of nitrogens with zero attached hydrogens (tertiary/aromatic N) is 4. The van der Waals surface area contributed by atoms with E-state index in [-0.39, 0.29) is 35.5 Å². The summed E-state index contributed by atoms with van der Waals surface area (Å²) in [6.07, 6.45) is 3.40. The first kappa shape index (κ1) is 18.4. The standard InChI is InChI=1S/C17H16Cl2FN5O/c1-11-13(18)9-24(22-11)7-6-16(26)21-17-14(19)10-25(23-17)8-12-4-2-3-5-15(12)20/h2-5,9-10H,6-8H2,1H3,(H,21,23,26). The number of nitrogens with one attached hydrogen (secondary N) is 1. The van der Waals surface area contributed by atoms with Gasteiger partial charge in [0.05, 0.1) is 17.3 Å². The number of rotatable bonds is 6. The second kappa shape index (κ2) is 7.88. The SMILES string of the molecule is Cc1nn(CCC(=O)Nc2nn(Cc3ccccc3F)cc2Cl)cc1Cl. The van der Waals surface area contributed by atoms with E-state index in [0.29, 0.717) is 22.8 Å². The number of carbonyl (C=O) groups is 1. The van der Waals surface area contributed by atoms with Crippen LogP contribution in [0.5, 0.6) is 0 Å². The Labute approximate surface area is 159 Å². The molecule has 2 aromatic heterocycles. The minimum absolute atomic E-state index is 0.188. The molecular weight excluding hydrogens is 380 g/mol. The van der Waals surface area contributed by atoms with E-state index in [1.165, 1.54) is 10.7 Å². The Morgan fingerprint density at radius 2 is 1.88 bits per heavy atom. The Bertz CT molecular complexity index is 918. The molecule has 0 bridgehead atoms. The van der Waals surface area contributed by atoms with Crippen molar-refractivity contribution in [2.45, 2.75) is 26.4 Å². The molecule has 1 amide bonds. The molecule has 0 fully saturated rings. The Morgan fingerprint density at radius 3 is 2.58 bits per heavy atom. The maximum Gasteiger partial charge on any atom is 0.227 e. The molecule has 6 nitrogen and oxygen atoms in total. The third-order valence-electron chi connectivity index (χ3n) is 3.72. The van der Waals surface area contributed by atoms with Crippen molar-refractivity contribution in [1.82, 2.24) is 19.6 Å². The summed E-state index contributed by atoms with van der Waals surface area (Å²) in [6.45, 7) is 2.39. The molecule has 0 saturated carbocycles. The molecule has 3 rings (SSSR count). The Morgan fingerprint density at radius 1 is 1.15 bits per heavy atom. The minimum atomic E-state index is -0.321. The maximum atomic E-state index is 13.7. The van der Waals surface area contributed by atoms with Crippen molar-refractivity contribution in [3.05, 3.63) is 63.8 Å². The third kappa shape index (κ3) is 4.42. The van der Waals surface area contributed by atoms with Gasteiger partial charge in [0.15, 0.2) is 5.82 Å². The molecule has 0 saturated heterocycles. The van der Waals surface area contributed by atoms with Crippen LogP contribution in [0.4, 0.5) is 10.2 Å². The van der Waals surface area contributed by atoms with E-state index in [2.05, 4.69) is 15.5 Å². The van der Waals surface area contributed by atoms with Crippen molar-refractivity contribution in [3.8, 4) is 0 Å². The molecule has 3 aromatic rings. The lowest BCUT2D eigenvalue weighted by atomic mass is 10.2. The topological polar surface area (TPSA) is 64.7 Å². The molecule has 9 heteroatoms. The van der Waals surface area contributed by atoms with Gasteiger partial charge in [-0.3, -0.25) is 14.2 Å². The molecular formula is C17H16Cl2FN5O. The second-order valence-corrected chi connectivity index (χ2v) is 6.55. The van der Waals surface area contributed by atoms with E-state index in [1.807, 2.05) is 0 Å². The molecule has 0 aliphatic carbocycles. The second-order valence-electron chi connectivity index (χ2n) is 5.74. The van der Waals surface area contributed by atoms with Crippen LogP contribution in [0.1, 0.15) is 17.7 Å². The van der Waals surface area contributed by atoms with Crippen LogP contribution >= 0.6 is 23.2 Å². The van der Waals surface area contributed by atoms with Crippen molar-refractivity contribution < 1.29 is 9.18 Å². The Balaban J connectivity index is 1.60. The summed E-state index contributed by atoms with van der Waals surface area (Å²) in [4.78, 5) is 12.1. The maximum absolute atomic E-state index is 13.7. The molecule has 0 unspecified atom stereocenters. The average molecular weight is 396 g/mol. The Hall–Kier alpha value is -2.38. The number of carbonyl (C=O) groups excluding carboxylic acids is 1. The predicted octanol–water partition coefficient (Wildman–Crippen LogP) is 3.91. The number of aromatic nitrogens is 4. The van der Waals surface area contributed by atoms with Crippen LogP contribution in [-0.4, -0.2) is 25.5 Å². The summed E-state index contributed by atoms with van der Waals surface area (Å²) < 4.78 is 16.8. The van der Waals surface area contributed by atoms with Crippen molar-refractivity contribution in [2.75, 3.05) is 5.32 Å². The molecule has 0 spiro atoms. The third-order valence-corrected chi connectivity index (χ3v) is 4.37. The molecule has 0 aliphatic rings. The number of hydrogen-bond acceptors (Lipinski definition) is 3. The molecule has 2 heterocycles. The zero-order valence-electron chi connectivity index (χ0n) is 13.9. The first-order valence-electron chi connectivity index (χ1n) is 7.88. The first-order chi connectivity index (χ1) is 12.4. The fraction of sp³-hybridized carbons (Fsp3) is 0.235. The van der Waals surface area contributed by atoms with Gasteiger partial charge >= 0.3 is 0 Å². The van der Waals surface area contributed by atoms with E-state index in [4.69, 9.17) is 23.2 Å². The lowest BCUT2D eigenvalue weighted by Crippen LogP contribution is -2.15. The van der Waals surface area contributed by atoms with E-state index < -0.39 is 0 Å². The van der Waals surface area contributed by atoms with Gasteiger partial charge in [-0.05, 0) is 13.0 Å². The largest absolute Gasteiger partial charge is 0.308 e. The zero-order chi connectivity index (χ0) is 18.7. The summed E-state index contributed by atoms with van der Waals surface area (Å²) in [5.74, 6) is -0.340. The summed E-state index contributed by atoms with van der Waals surface area (Å²) in [5.41, 5.74) is 1.19. The molecule has 136 valence electrons. The number of hydrogen-bond donors (Lipinski definition) is 1. The highest BCUT2D eigenvalue weighted by Crippen LogP contribution is 2.21. The average Bonchev–Trinajstić information content (AvgIpc) is 3.10.